The molecule has 0 aromatic heterocycles. The highest BCUT2D eigenvalue weighted by Gasteiger charge is 2.54. The van der Waals surface area contributed by atoms with E-state index in [0.29, 0.717) is 5.69 Å². The van der Waals surface area contributed by atoms with Gasteiger partial charge < -0.3 is 28.4 Å². The van der Waals surface area contributed by atoms with Crippen molar-refractivity contribution < 1.29 is 47.6 Å². The summed E-state index contributed by atoms with van der Waals surface area (Å²) in [6.07, 6.45) is -5.64. The van der Waals surface area contributed by atoms with E-state index in [0.717, 1.165) is 11.8 Å². The van der Waals surface area contributed by atoms with Gasteiger partial charge >= 0.3 is 23.9 Å². The van der Waals surface area contributed by atoms with Crippen LogP contribution in [0.2, 0.25) is 0 Å². The first-order chi connectivity index (χ1) is 26.9. The fourth-order valence-electron chi connectivity index (χ4n) is 5.55. The zero-order chi connectivity index (χ0) is 38.4. The number of aliphatic imine (C=N–C) groups is 1. The molecular weight excluding hydrogens is 723 g/mol. The molecule has 5 atom stereocenters. The van der Waals surface area contributed by atoms with Gasteiger partial charge in [-0.1, -0.05) is 91.0 Å². The molecule has 1 aliphatic rings. The molecule has 5 unspecified atom stereocenters. The number of carbonyl (C=O) groups is 4. The molecule has 6 rings (SSSR count). The SMILES string of the molecule is CCOC(=Nc1ccccc1)SC1OC(COC(=O)c2ccccc2)C(OC(=O)c2ccccc2)C(OC(=O)c2ccccc2)C1OC(=O)c1ccccc1. The first-order valence-corrected chi connectivity index (χ1v) is 18.4. The largest absolute Gasteiger partial charge is 0.473 e. The molecule has 11 nitrogen and oxygen atoms in total. The minimum absolute atomic E-state index is 0.146. The Balaban J connectivity index is 1.44. The van der Waals surface area contributed by atoms with Gasteiger partial charge in [-0.05, 0) is 79.3 Å². The molecule has 1 fully saturated rings. The number of carbonyl (C=O) groups excluding carboxylic acids is 4. The van der Waals surface area contributed by atoms with Crippen LogP contribution in [0.5, 0.6) is 0 Å². The molecule has 0 saturated carbocycles. The van der Waals surface area contributed by atoms with Gasteiger partial charge in [-0.15, -0.1) is 0 Å². The maximum Gasteiger partial charge on any atom is 0.338 e. The Labute approximate surface area is 322 Å². The van der Waals surface area contributed by atoms with Crippen molar-refractivity contribution in [3.8, 4) is 0 Å². The lowest BCUT2D eigenvalue weighted by molar-refractivity contribution is -0.207. The van der Waals surface area contributed by atoms with E-state index in [1.165, 1.54) is 0 Å². The number of rotatable bonds is 12. The number of benzene rings is 5. The molecule has 0 N–H and O–H groups in total. The van der Waals surface area contributed by atoms with Gasteiger partial charge in [0.2, 0.25) is 0 Å². The molecule has 1 aliphatic heterocycles. The summed E-state index contributed by atoms with van der Waals surface area (Å²) >= 11 is 0.965. The maximum atomic E-state index is 13.9. The lowest BCUT2D eigenvalue weighted by Crippen LogP contribution is -2.62. The van der Waals surface area contributed by atoms with Gasteiger partial charge in [-0.25, -0.2) is 24.2 Å². The number of hydrogen-bond donors (Lipinski definition) is 0. The van der Waals surface area contributed by atoms with Crippen LogP contribution in [0.15, 0.2) is 157 Å². The van der Waals surface area contributed by atoms with Crippen LogP contribution in [0.1, 0.15) is 48.4 Å². The molecule has 12 heteroatoms. The minimum atomic E-state index is -1.50. The summed E-state index contributed by atoms with van der Waals surface area (Å²) in [5.41, 5.74) is 0.229. The quantitative estimate of drug-likeness (QED) is 0.0536. The van der Waals surface area contributed by atoms with Crippen molar-refractivity contribution >= 4 is 46.6 Å². The van der Waals surface area contributed by atoms with E-state index in [-0.39, 0.29) is 34.1 Å². The number of nitrogens with zero attached hydrogens (tertiary/aromatic N) is 1. The van der Waals surface area contributed by atoms with Crippen molar-refractivity contribution in [2.24, 2.45) is 4.99 Å². The van der Waals surface area contributed by atoms with Crippen LogP contribution in [-0.4, -0.2) is 72.2 Å². The Morgan fingerprint density at radius 2 is 0.927 bits per heavy atom. The second-order valence-corrected chi connectivity index (χ2v) is 13.0. The zero-order valence-corrected chi connectivity index (χ0v) is 30.5. The fourth-order valence-corrected chi connectivity index (χ4v) is 6.63. The van der Waals surface area contributed by atoms with Crippen molar-refractivity contribution in [2.45, 2.75) is 36.8 Å². The van der Waals surface area contributed by atoms with E-state index in [1.54, 1.807) is 140 Å². The van der Waals surface area contributed by atoms with Gasteiger partial charge in [-0.2, -0.15) is 0 Å². The van der Waals surface area contributed by atoms with E-state index in [2.05, 4.69) is 4.99 Å². The first kappa shape index (κ1) is 38.5. The Morgan fingerprint density at radius 3 is 1.38 bits per heavy atom. The summed E-state index contributed by atoms with van der Waals surface area (Å²) < 4.78 is 36.7. The predicted octanol–water partition coefficient (Wildman–Crippen LogP) is 7.70. The molecule has 1 heterocycles. The smallest absolute Gasteiger partial charge is 0.338 e. The van der Waals surface area contributed by atoms with Crippen molar-refractivity contribution in [3.05, 3.63) is 174 Å². The normalized spacial score (nSPS) is 19.4. The van der Waals surface area contributed by atoms with Crippen LogP contribution in [0.3, 0.4) is 0 Å². The maximum absolute atomic E-state index is 13.9. The number of hydrogen-bond acceptors (Lipinski definition) is 12. The number of esters is 4. The molecule has 0 amide bonds. The van der Waals surface area contributed by atoms with Gasteiger partial charge in [0.15, 0.2) is 23.7 Å². The monoisotopic (exact) mass is 759 g/mol. The Hall–Kier alpha value is -6.24. The highest BCUT2D eigenvalue weighted by Crippen LogP contribution is 2.37. The van der Waals surface area contributed by atoms with Gasteiger partial charge in [0.25, 0.3) is 5.23 Å². The van der Waals surface area contributed by atoms with Crippen LogP contribution >= 0.6 is 11.8 Å². The fraction of sp³-hybridized carbons (Fsp3) is 0.186. The molecule has 0 bridgehead atoms. The summed E-state index contributed by atoms with van der Waals surface area (Å²) in [5.74, 6) is -3.01. The summed E-state index contributed by atoms with van der Waals surface area (Å²) in [6, 6.07) is 42.0. The minimum Gasteiger partial charge on any atom is -0.473 e. The number of ether oxygens (including phenoxy) is 6. The lowest BCUT2D eigenvalue weighted by atomic mass is 9.98. The predicted molar refractivity (Wildman–Crippen MR) is 205 cm³/mol. The summed E-state index contributed by atoms with van der Waals surface area (Å²) in [4.78, 5) is 59.3. The van der Waals surface area contributed by atoms with Crippen molar-refractivity contribution in [2.75, 3.05) is 13.2 Å². The Bertz CT molecular complexity index is 2050. The molecule has 280 valence electrons. The second kappa shape index (κ2) is 19.2. The molecule has 0 radical (unpaired) electrons. The molecule has 5 aromatic rings. The first-order valence-electron chi connectivity index (χ1n) is 17.5. The van der Waals surface area contributed by atoms with Gasteiger partial charge in [0, 0.05) is 0 Å². The van der Waals surface area contributed by atoms with Crippen LogP contribution in [0.25, 0.3) is 0 Å². The van der Waals surface area contributed by atoms with E-state index in [4.69, 9.17) is 28.4 Å². The number of thioether (sulfide) groups is 1. The highest BCUT2D eigenvalue weighted by molar-refractivity contribution is 8.14. The third-order valence-corrected chi connectivity index (χ3v) is 9.22. The Kier molecular flexibility index (Phi) is 13.4. The van der Waals surface area contributed by atoms with Crippen LogP contribution in [0, 0.1) is 0 Å². The average molecular weight is 760 g/mol. The molecule has 1 saturated heterocycles. The Morgan fingerprint density at radius 1 is 0.527 bits per heavy atom. The van der Waals surface area contributed by atoms with E-state index >= 15 is 0 Å². The zero-order valence-electron chi connectivity index (χ0n) is 29.7. The third-order valence-electron chi connectivity index (χ3n) is 8.20. The van der Waals surface area contributed by atoms with E-state index in [1.807, 2.05) is 18.2 Å². The van der Waals surface area contributed by atoms with Gasteiger partial charge in [-0.3, -0.25) is 0 Å². The van der Waals surface area contributed by atoms with Crippen molar-refractivity contribution in [1.82, 2.24) is 0 Å². The summed E-state index contributed by atoms with van der Waals surface area (Å²) in [7, 11) is 0. The van der Waals surface area contributed by atoms with Gasteiger partial charge in [0.1, 0.15) is 12.7 Å². The van der Waals surface area contributed by atoms with E-state index < -0.39 is 60.3 Å². The van der Waals surface area contributed by atoms with Crippen molar-refractivity contribution in [3.63, 3.8) is 0 Å². The summed E-state index contributed by atoms with van der Waals surface area (Å²) in [6.45, 7) is 1.56. The second-order valence-electron chi connectivity index (χ2n) is 12.0. The molecule has 55 heavy (non-hydrogen) atoms. The third kappa shape index (κ3) is 10.5. The summed E-state index contributed by atoms with van der Waals surface area (Å²) in [5, 5.41) is 0.146. The molecule has 0 spiro atoms. The van der Waals surface area contributed by atoms with Crippen molar-refractivity contribution in [1.29, 1.82) is 0 Å². The topological polar surface area (TPSA) is 136 Å². The van der Waals surface area contributed by atoms with Crippen LogP contribution in [0.4, 0.5) is 5.69 Å². The van der Waals surface area contributed by atoms with Crippen LogP contribution < -0.4 is 0 Å². The number of para-hydroxylation sites is 1. The molecule has 0 aliphatic carbocycles. The standard InChI is InChI=1S/C43H37NO10S/c1-2-49-43(44-33-26-16-7-17-27-33)55-42-37(54-41(48)32-24-14-6-15-25-32)36(53-40(47)31-22-12-5-13-23-31)35(52-39(46)30-20-10-4-11-21-30)34(51-42)28-50-38(45)29-18-8-3-9-19-29/h3-27,34-37,42H,2,28H2,1H3. The highest BCUT2D eigenvalue weighted by atomic mass is 32.2. The van der Waals surface area contributed by atoms with Crippen LogP contribution in [-0.2, 0) is 28.4 Å². The van der Waals surface area contributed by atoms with Gasteiger partial charge in [0.05, 0.1) is 34.5 Å². The lowest BCUT2D eigenvalue weighted by Gasteiger charge is -2.44. The van der Waals surface area contributed by atoms with E-state index in [9.17, 15) is 19.2 Å². The molecule has 5 aromatic carbocycles. The molecular formula is C43H37NO10S. The average Bonchev–Trinajstić information content (AvgIpc) is 3.23.